The largest absolute Gasteiger partial charge is 0.476 e. The number of hydrogen-bond donors (Lipinski definition) is 3. The second kappa shape index (κ2) is 9.17. The Bertz CT molecular complexity index is 1080. The standard InChI is InChI=1S/C19H19F2N7O3/c1-11(22)15(28(23)13-4-2-12(3-5-13)18(20)21)9-31-17-7-6-16(25-26-17)27-8-14(19(29)30)24-10-27/h2-8,10,18H,9,22-23H2,1H3,(H,29,30)/b15-11-. The van der Waals surface area contributed by atoms with E-state index in [2.05, 4.69) is 15.2 Å². The molecular weight excluding hydrogens is 412 g/mol. The van der Waals surface area contributed by atoms with Gasteiger partial charge in [-0.1, -0.05) is 12.1 Å². The van der Waals surface area contributed by atoms with Crippen LogP contribution < -0.4 is 21.3 Å². The van der Waals surface area contributed by atoms with Gasteiger partial charge in [-0.05, 0) is 25.1 Å². The predicted molar refractivity (Wildman–Crippen MR) is 107 cm³/mol. The first-order chi connectivity index (χ1) is 14.8. The number of aromatic nitrogens is 4. The molecule has 2 heterocycles. The molecule has 0 radical (unpaired) electrons. The van der Waals surface area contributed by atoms with Gasteiger partial charge in [-0.2, -0.15) is 0 Å². The Morgan fingerprint density at radius 3 is 2.45 bits per heavy atom. The number of carboxylic acids is 1. The van der Waals surface area contributed by atoms with E-state index in [0.29, 0.717) is 22.9 Å². The number of halogens is 2. The lowest BCUT2D eigenvalue weighted by atomic mass is 10.2. The van der Waals surface area contributed by atoms with E-state index in [4.69, 9.17) is 21.4 Å². The average Bonchev–Trinajstić information content (AvgIpc) is 3.25. The van der Waals surface area contributed by atoms with Gasteiger partial charge < -0.3 is 15.6 Å². The smallest absolute Gasteiger partial charge is 0.356 e. The summed E-state index contributed by atoms with van der Waals surface area (Å²) in [6.45, 7) is 1.57. The van der Waals surface area contributed by atoms with Crippen LogP contribution in [0.5, 0.6) is 5.88 Å². The van der Waals surface area contributed by atoms with E-state index in [0.717, 1.165) is 0 Å². The summed E-state index contributed by atoms with van der Waals surface area (Å²) in [6, 6.07) is 8.56. The van der Waals surface area contributed by atoms with E-state index >= 15 is 0 Å². The molecule has 0 aliphatic heterocycles. The third kappa shape index (κ3) is 5.11. The number of nitrogens with zero attached hydrogens (tertiary/aromatic N) is 5. The summed E-state index contributed by atoms with van der Waals surface area (Å²) in [4.78, 5) is 14.7. The van der Waals surface area contributed by atoms with E-state index < -0.39 is 12.4 Å². The Balaban J connectivity index is 1.68. The summed E-state index contributed by atoms with van der Waals surface area (Å²) < 4.78 is 32.5. The van der Waals surface area contributed by atoms with E-state index in [1.807, 2.05) is 0 Å². The van der Waals surface area contributed by atoms with Crippen molar-refractivity contribution in [1.29, 1.82) is 0 Å². The molecule has 0 bridgehead atoms. The zero-order valence-corrected chi connectivity index (χ0v) is 16.3. The van der Waals surface area contributed by atoms with Crippen LogP contribution in [-0.2, 0) is 0 Å². The number of carbonyl (C=O) groups is 1. The lowest BCUT2D eigenvalue weighted by Crippen LogP contribution is -2.35. The second-order valence-electron chi connectivity index (χ2n) is 6.38. The highest BCUT2D eigenvalue weighted by Crippen LogP contribution is 2.23. The first-order valence-electron chi connectivity index (χ1n) is 8.88. The van der Waals surface area contributed by atoms with Crippen molar-refractivity contribution in [2.75, 3.05) is 11.6 Å². The number of rotatable bonds is 8. The van der Waals surface area contributed by atoms with Crippen molar-refractivity contribution in [3.8, 4) is 11.7 Å². The van der Waals surface area contributed by atoms with E-state index in [-0.39, 0.29) is 23.7 Å². The fourth-order valence-corrected chi connectivity index (χ4v) is 2.54. The fraction of sp³-hybridized carbons (Fsp3) is 0.158. The van der Waals surface area contributed by atoms with Crippen molar-refractivity contribution in [2.45, 2.75) is 13.3 Å². The molecule has 31 heavy (non-hydrogen) atoms. The lowest BCUT2D eigenvalue weighted by Gasteiger charge is -2.23. The molecule has 162 valence electrons. The molecule has 3 rings (SSSR count). The molecule has 5 N–H and O–H groups in total. The molecule has 2 aromatic heterocycles. The number of hydrogen-bond acceptors (Lipinski definition) is 8. The third-order valence-electron chi connectivity index (χ3n) is 4.22. The first kappa shape index (κ1) is 21.6. The van der Waals surface area contributed by atoms with Gasteiger partial charge in [0.05, 0.1) is 11.4 Å². The quantitative estimate of drug-likeness (QED) is 0.361. The van der Waals surface area contributed by atoms with Crippen LogP contribution in [0.1, 0.15) is 29.4 Å². The highest BCUT2D eigenvalue weighted by atomic mass is 19.3. The Morgan fingerprint density at radius 2 is 1.94 bits per heavy atom. The van der Waals surface area contributed by atoms with Crippen LogP contribution in [0.2, 0.25) is 0 Å². The minimum Gasteiger partial charge on any atom is -0.476 e. The normalized spacial score (nSPS) is 11.9. The molecule has 1 aromatic carbocycles. The van der Waals surface area contributed by atoms with Crippen molar-refractivity contribution in [3.63, 3.8) is 0 Å². The number of imidazole rings is 1. The topological polar surface area (TPSA) is 145 Å². The lowest BCUT2D eigenvalue weighted by molar-refractivity contribution is 0.0691. The summed E-state index contributed by atoms with van der Waals surface area (Å²) in [5, 5.41) is 18.1. The summed E-state index contributed by atoms with van der Waals surface area (Å²) in [5.74, 6) is 5.45. The number of benzene rings is 1. The summed E-state index contributed by atoms with van der Waals surface area (Å²) in [5.41, 5.74) is 6.88. The van der Waals surface area contributed by atoms with E-state index in [1.54, 1.807) is 13.0 Å². The van der Waals surface area contributed by atoms with Gasteiger partial charge in [0.1, 0.15) is 12.9 Å². The molecule has 0 aliphatic carbocycles. The van der Waals surface area contributed by atoms with Crippen LogP contribution in [0.3, 0.4) is 0 Å². The van der Waals surface area contributed by atoms with Crippen molar-refractivity contribution in [2.24, 2.45) is 11.6 Å². The monoisotopic (exact) mass is 431 g/mol. The summed E-state index contributed by atoms with van der Waals surface area (Å²) >= 11 is 0. The number of aromatic carboxylic acids is 1. The molecule has 0 amide bonds. The second-order valence-corrected chi connectivity index (χ2v) is 6.38. The van der Waals surface area contributed by atoms with Gasteiger partial charge in [-0.25, -0.2) is 24.4 Å². The number of carboxylic acid groups (broad SMARTS) is 1. The van der Waals surface area contributed by atoms with Crippen molar-refractivity contribution < 1.29 is 23.4 Å². The average molecular weight is 431 g/mol. The van der Waals surface area contributed by atoms with Crippen LogP contribution >= 0.6 is 0 Å². The zero-order valence-electron chi connectivity index (χ0n) is 16.3. The SMILES string of the molecule is C/C(N)=C(\COc1ccc(-n2cnc(C(=O)O)c2)nn1)N(N)c1ccc(C(F)F)cc1. The Labute approximate surface area is 175 Å². The molecule has 12 heteroatoms. The van der Waals surface area contributed by atoms with Crippen molar-refractivity contribution in [1.82, 2.24) is 19.7 Å². The maximum Gasteiger partial charge on any atom is 0.356 e. The van der Waals surface area contributed by atoms with Gasteiger partial charge in [-0.3, -0.25) is 9.58 Å². The van der Waals surface area contributed by atoms with Gasteiger partial charge in [-0.15, -0.1) is 10.2 Å². The van der Waals surface area contributed by atoms with E-state index in [9.17, 15) is 13.6 Å². The number of hydrazine groups is 1. The highest BCUT2D eigenvalue weighted by Gasteiger charge is 2.14. The highest BCUT2D eigenvalue weighted by molar-refractivity contribution is 5.85. The first-order valence-corrected chi connectivity index (χ1v) is 8.88. The maximum atomic E-state index is 12.7. The number of nitrogens with two attached hydrogens (primary N) is 2. The summed E-state index contributed by atoms with van der Waals surface area (Å²) in [6.07, 6.45) is 0.0319. The maximum absolute atomic E-state index is 12.7. The van der Waals surface area contributed by atoms with Crippen LogP contribution in [-0.4, -0.2) is 37.4 Å². The van der Waals surface area contributed by atoms with Crippen LogP contribution in [0.15, 0.2) is 60.3 Å². The molecule has 0 aliphatic rings. The van der Waals surface area contributed by atoms with Crippen molar-refractivity contribution in [3.05, 3.63) is 71.6 Å². The van der Waals surface area contributed by atoms with Gasteiger partial charge in [0.15, 0.2) is 11.5 Å². The van der Waals surface area contributed by atoms with E-state index in [1.165, 1.54) is 52.4 Å². The third-order valence-corrected chi connectivity index (χ3v) is 4.22. The Hall–Kier alpha value is -4.06. The summed E-state index contributed by atoms with van der Waals surface area (Å²) in [7, 11) is 0. The molecule has 0 unspecified atom stereocenters. The molecule has 3 aromatic rings. The molecule has 0 atom stereocenters. The number of allylic oxidation sites excluding steroid dienone is 1. The molecular formula is C19H19F2N7O3. The van der Waals surface area contributed by atoms with Crippen LogP contribution in [0, 0.1) is 0 Å². The minimum absolute atomic E-state index is 0.0578. The van der Waals surface area contributed by atoms with Gasteiger partial charge in [0.25, 0.3) is 6.43 Å². The van der Waals surface area contributed by atoms with Gasteiger partial charge in [0, 0.05) is 23.5 Å². The molecule has 0 spiro atoms. The minimum atomic E-state index is -2.57. The Kier molecular flexibility index (Phi) is 6.40. The number of anilines is 1. The predicted octanol–water partition coefficient (Wildman–Crippen LogP) is 2.25. The van der Waals surface area contributed by atoms with Crippen LogP contribution in [0.4, 0.5) is 14.5 Å². The van der Waals surface area contributed by atoms with Gasteiger partial charge in [0.2, 0.25) is 5.88 Å². The number of ether oxygens (including phenoxy) is 1. The number of alkyl halides is 2. The Morgan fingerprint density at radius 1 is 1.23 bits per heavy atom. The van der Waals surface area contributed by atoms with Gasteiger partial charge >= 0.3 is 5.97 Å². The fourth-order valence-electron chi connectivity index (χ4n) is 2.54. The molecule has 0 saturated heterocycles. The van der Waals surface area contributed by atoms with Crippen molar-refractivity contribution >= 4 is 11.7 Å². The molecule has 0 saturated carbocycles. The molecule has 10 nitrogen and oxygen atoms in total. The molecule has 0 fully saturated rings. The van der Waals surface area contributed by atoms with Crippen LogP contribution in [0.25, 0.3) is 5.82 Å². The zero-order chi connectivity index (χ0) is 22.5.